The van der Waals surface area contributed by atoms with Crippen molar-refractivity contribution in [3.8, 4) is 22.3 Å². The van der Waals surface area contributed by atoms with Crippen molar-refractivity contribution in [2.24, 2.45) is 0 Å². The van der Waals surface area contributed by atoms with E-state index in [1.54, 1.807) is 0 Å². The average Bonchev–Trinajstić information content (AvgIpc) is 3.27. The molecule has 0 spiro atoms. The molecule has 0 aliphatic heterocycles. The number of anilines is 3. The van der Waals surface area contributed by atoms with Gasteiger partial charge in [-0.1, -0.05) is 164 Å². The first-order valence-corrected chi connectivity index (χ1v) is 19.0. The van der Waals surface area contributed by atoms with Gasteiger partial charge in [-0.3, -0.25) is 0 Å². The highest BCUT2D eigenvalue weighted by Crippen LogP contribution is 2.44. The molecule has 0 atom stereocenters. The van der Waals surface area contributed by atoms with Gasteiger partial charge in [0.05, 0.1) is 0 Å². The van der Waals surface area contributed by atoms with Gasteiger partial charge < -0.3 is 4.90 Å². The Balaban J connectivity index is 1.12. The Kier molecular flexibility index (Phi) is 7.25. The summed E-state index contributed by atoms with van der Waals surface area (Å²) < 4.78 is 0. The van der Waals surface area contributed by atoms with Crippen LogP contribution in [0.1, 0.15) is 0 Å². The van der Waals surface area contributed by atoms with Gasteiger partial charge in [0.25, 0.3) is 0 Å². The Morgan fingerprint density at radius 3 is 0.891 bits per heavy atom. The van der Waals surface area contributed by atoms with Crippen LogP contribution in [-0.2, 0) is 0 Å². The SMILES string of the molecule is c1ccc(-c2ccc3c4ccc(N(c5ccccc5)c5ccc6c7ccc(-c8ccccc8)cc7c7ccccc7c6c5)cc4c4ccccc4c3c2)cc1. The molecule has 0 unspecified atom stereocenters. The van der Waals surface area contributed by atoms with Crippen molar-refractivity contribution in [3.05, 3.63) is 212 Å². The second-order valence-electron chi connectivity index (χ2n) is 14.5. The van der Waals surface area contributed by atoms with Gasteiger partial charge in [0.1, 0.15) is 0 Å². The van der Waals surface area contributed by atoms with Crippen molar-refractivity contribution in [3.63, 3.8) is 0 Å². The molecule has 11 aromatic rings. The van der Waals surface area contributed by atoms with E-state index in [9.17, 15) is 0 Å². The summed E-state index contributed by atoms with van der Waals surface area (Å²) in [5.41, 5.74) is 8.31. The minimum Gasteiger partial charge on any atom is -0.310 e. The maximum Gasteiger partial charge on any atom is 0.0468 e. The van der Waals surface area contributed by atoms with Crippen LogP contribution in [0.3, 0.4) is 0 Å². The van der Waals surface area contributed by atoms with Crippen LogP contribution in [-0.4, -0.2) is 0 Å². The van der Waals surface area contributed by atoms with Gasteiger partial charge in [0.2, 0.25) is 0 Å². The van der Waals surface area contributed by atoms with E-state index in [0.29, 0.717) is 0 Å². The zero-order chi connectivity index (χ0) is 36.3. The smallest absolute Gasteiger partial charge is 0.0468 e. The summed E-state index contributed by atoms with van der Waals surface area (Å²) in [5.74, 6) is 0. The van der Waals surface area contributed by atoms with E-state index >= 15 is 0 Å². The molecule has 0 fully saturated rings. The van der Waals surface area contributed by atoms with Crippen molar-refractivity contribution in [2.75, 3.05) is 4.90 Å². The number of para-hydroxylation sites is 1. The Bertz CT molecular complexity index is 3000. The van der Waals surface area contributed by atoms with Crippen molar-refractivity contribution in [2.45, 2.75) is 0 Å². The number of hydrogen-bond acceptors (Lipinski definition) is 1. The maximum absolute atomic E-state index is 2.41. The Morgan fingerprint density at radius 1 is 0.182 bits per heavy atom. The van der Waals surface area contributed by atoms with Gasteiger partial charge in [-0.05, 0) is 135 Å². The number of hydrogen-bond donors (Lipinski definition) is 0. The molecule has 11 aromatic carbocycles. The second-order valence-corrected chi connectivity index (χ2v) is 14.5. The molecular weight excluding hydrogens is 663 g/mol. The highest BCUT2D eigenvalue weighted by atomic mass is 15.1. The van der Waals surface area contributed by atoms with Gasteiger partial charge in [-0.2, -0.15) is 0 Å². The fraction of sp³-hybridized carbons (Fsp3) is 0. The highest BCUT2D eigenvalue weighted by Gasteiger charge is 2.18. The first kappa shape index (κ1) is 31.3. The third-order valence-corrected chi connectivity index (χ3v) is 11.4. The lowest BCUT2D eigenvalue weighted by Gasteiger charge is -2.27. The molecule has 0 saturated carbocycles. The summed E-state index contributed by atoms with van der Waals surface area (Å²) in [4.78, 5) is 2.41. The number of rotatable bonds is 5. The Hall–Kier alpha value is -7.22. The maximum atomic E-state index is 2.41. The molecule has 0 amide bonds. The van der Waals surface area contributed by atoms with E-state index in [1.165, 1.54) is 86.9 Å². The standard InChI is InChI=1S/C54H35N/c1-4-14-36(15-5-1)38-24-28-47-49-30-26-41(34-53(49)45-22-12-10-20-43(45)51(47)32-38)55(40-18-8-3-9-19-40)42-27-31-50-48-29-25-39(37-16-6-2-7-17-37)33-52(48)44-21-11-13-23-46(44)54(50)35-42/h1-35H. The molecule has 0 aliphatic carbocycles. The molecule has 256 valence electrons. The van der Waals surface area contributed by atoms with Crippen molar-refractivity contribution < 1.29 is 0 Å². The number of fused-ring (bicyclic) bond motifs is 12. The van der Waals surface area contributed by atoms with Gasteiger partial charge in [0.15, 0.2) is 0 Å². The van der Waals surface area contributed by atoms with E-state index in [-0.39, 0.29) is 0 Å². The third-order valence-electron chi connectivity index (χ3n) is 11.4. The van der Waals surface area contributed by atoms with Crippen LogP contribution in [0.2, 0.25) is 0 Å². The van der Waals surface area contributed by atoms with Crippen molar-refractivity contribution in [1.82, 2.24) is 0 Å². The summed E-state index contributed by atoms with van der Waals surface area (Å²) >= 11 is 0. The second kappa shape index (κ2) is 12.7. The van der Waals surface area contributed by atoms with Crippen LogP contribution < -0.4 is 4.90 Å². The van der Waals surface area contributed by atoms with E-state index in [4.69, 9.17) is 0 Å². The van der Waals surface area contributed by atoms with E-state index in [2.05, 4.69) is 217 Å². The van der Waals surface area contributed by atoms with E-state index in [1.807, 2.05) is 0 Å². The summed E-state index contributed by atoms with van der Waals surface area (Å²) in [6.07, 6.45) is 0. The van der Waals surface area contributed by atoms with Crippen LogP contribution in [0.4, 0.5) is 17.1 Å². The molecule has 0 aromatic heterocycles. The molecule has 1 nitrogen and oxygen atoms in total. The lowest BCUT2D eigenvalue weighted by atomic mass is 9.91. The van der Waals surface area contributed by atoms with Crippen LogP contribution >= 0.6 is 0 Å². The topological polar surface area (TPSA) is 3.24 Å². The molecule has 0 bridgehead atoms. The molecule has 1 heteroatoms. The number of benzene rings is 11. The zero-order valence-corrected chi connectivity index (χ0v) is 30.2. The van der Waals surface area contributed by atoms with Crippen molar-refractivity contribution in [1.29, 1.82) is 0 Å². The summed E-state index contributed by atoms with van der Waals surface area (Å²) in [6.45, 7) is 0. The fourth-order valence-electron chi connectivity index (χ4n) is 8.81. The molecule has 0 saturated heterocycles. The Morgan fingerprint density at radius 2 is 0.491 bits per heavy atom. The zero-order valence-electron chi connectivity index (χ0n) is 30.2. The lowest BCUT2D eigenvalue weighted by Crippen LogP contribution is -2.09. The van der Waals surface area contributed by atoms with E-state index in [0.717, 1.165) is 17.1 Å². The molecule has 11 rings (SSSR count). The van der Waals surface area contributed by atoms with Gasteiger partial charge in [0, 0.05) is 17.1 Å². The predicted molar refractivity (Wildman–Crippen MR) is 237 cm³/mol. The predicted octanol–water partition coefficient (Wildman–Crippen LogP) is 15.4. The van der Waals surface area contributed by atoms with Gasteiger partial charge in [-0.25, -0.2) is 0 Å². The average molecular weight is 698 g/mol. The molecular formula is C54H35N. The minimum atomic E-state index is 1.12. The lowest BCUT2D eigenvalue weighted by molar-refractivity contribution is 1.30. The first-order chi connectivity index (χ1) is 27.3. The van der Waals surface area contributed by atoms with Gasteiger partial charge in [-0.15, -0.1) is 0 Å². The van der Waals surface area contributed by atoms with E-state index < -0.39 is 0 Å². The summed E-state index contributed by atoms with van der Waals surface area (Å²) in [6, 6.07) is 77.8. The summed E-state index contributed by atoms with van der Waals surface area (Å²) in [7, 11) is 0. The van der Waals surface area contributed by atoms with Crippen LogP contribution in [0.25, 0.3) is 86.9 Å². The normalized spacial score (nSPS) is 11.6. The monoisotopic (exact) mass is 697 g/mol. The minimum absolute atomic E-state index is 1.12. The quantitative estimate of drug-likeness (QED) is 0.162. The molecule has 0 N–H and O–H groups in total. The highest BCUT2D eigenvalue weighted by molar-refractivity contribution is 6.27. The molecule has 0 heterocycles. The van der Waals surface area contributed by atoms with Crippen molar-refractivity contribution >= 4 is 81.7 Å². The van der Waals surface area contributed by atoms with Crippen LogP contribution in [0, 0.1) is 0 Å². The number of nitrogens with zero attached hydrogens (tertiary/aromatic N) is 1. The molecule has 55 heavy (non-hydrogen) atoms. The first-order valence-electron chi connectivity index (χ1n) is 19.0. The van der Waals surface area contributed by atoms with Crippen LogP contribution in [0.15, 0.2) is 212 Å². The van der Waals surface area contributed by atoms with Crippen LogP contribution in [0.5, 0.6) is 0 Å². The third kappa shape index (κ3) is 5.16. The largest absolute Gasteiger partial charge is 0.310 e. The van der Waals surface area contributed by atoms with Gasteiger partial charge >= 0.3 is 0 Å². The molecule has 0 radical (unpaired) electrons. The molecule has 0 aliphatic rings. The fourth-order valence-corrected chi connectivity index (χ4v) is 8.81. The summed E-state index contributed by atoms with van der Waals surface area (Å²) in [5, 5.41) is 15.2. The Labute approximate surface area is 320 Å².